The van der Waals surface area contributed by atoms with E-state index in [0.717, 1.165) is 16.8 Å². The van der Waals surface area contributed by atoms with Gasteiger partial charge in [-0.05, 0) is 30.7 Å². The first-order valence-corrected chi connectivity index (χ1v) is 5.80. The van der Waals surface area contributed by atoms with Crippen LogP contribution in [0.4, 0.5) is 0 Å². The molecule has 0 fully saturated rings. The lowest BCUT2D eigenvalue weighted by molar-refractivity contribution is 0.0697. The Hall–Kier alpha value is -2.69. The van der Waals surface area contributed by atoms with Crippen LogP contribution in [0.5, 0.6) is 0 Å². The van der Waals surface area contributed by atoms with Crippen LogP contribution in [-0.4, -0.2) is 25.7 Å². The molecule has 3 rings (SSSR count). The van der Waals surface area contributed by atoms with Gasteiger partial charge in [0.05, 0.1) is 5.56 Å². The number of hydrogen-bond acceptors (Lipinski definition) is 3. The fourth-order valence-corrected chi connectivity index (χ4v) is 1.99. The minimum Gasteiger partial charge on any atom is -0.478 e. The summed E-state index contributed by atoms with van der Waals surface area (Å²) in [6.45, 7) is 1.98. The molecular formula is C14H11N3O2. The van der Waals surface area contributed by atoms with Crippen molar-refractivity contribution in [1.29, 1.82) is 0 Å². The van der Waals surface area contributed by atoms with Gasteiger partial charge in [-0.1, -0.05) is 18.2 Å². The van der Waals surface area contributed by atoms with E-state index in [-0.39, 0.29) is 5.56 Å². The van der Waals surface area contributed by atoms with Crippen LogP contribution in [0.1, 0.15) is 15.9 Å². The Labute approximate surface area is 109 Å². The number of fused-ring (bicyclic) bond motifs is 1. The van der Waals surface area contributed by atoms with E-state index in [1.165, 1.54) is 0 Å². The molecule has 3 aromatic rings. The molecule has 5 nitrogen and oxygen atoms in total. The first-order chi connectivity index (χ1) is 9.15. The molecule has 19 heavy (non-hydrogen) atoms. The first kappa shape index (κ1) is 11.4. The number of aryl methyl sites for hydroxylation is 1. The van der Waals surface area contributed by atoms with E-state index in [1.807, 2.05) is 35.7 Å². The van der Waals surface area contributed by atoms with Gasteiger partial charge >= 0.3 is 5.97 Å². The van der Waals surface area contributed by atoms with E-state index in [9.17, 15) is 4.79 Å². The van der Waals surface area contributed by atoms with Crippen molar-refractivity contribution in [1.82, 2.24) is 14.6 Å². The molecule has 2 heterocycles. The number of rotatable bonds is 2. The van der Waals surface area contributed by atoms with Crippen molar-refractivity contribution in [2.75, 3.05) is 0 Å². The highest BCUT2D eigenvalue weighted by Gasteiger charge is 2.10. The van der Waals surface area contributed by atoms with Crippen LogP contribution >= 0.6 is 0 Å². The summed E-state index contributed by atoms with van der Waals surface area (Å²) in [6.07, 6.45) is 1.93. The van der Waals surface area contributed by atoms with Gasteiger partial charge in [0.1, 0.15) is 0 Å². The molecule has 2 aromatic heterocycles. The maximum absolute atomic E-state index is 11.0. The highest BCUT2D eigenvalue weighted by molar-refractivity contribution is 5.89. The Morgan fingerprint density at radius 1 is 1.21 bits per heavy atom. The predicted molar refractivity (Wildman–Crippen MR) is 70.1 cm³/mol. The quantitative estimate of drug-likeness (QED) is 0.761. The molecule has 1 N–H and O–H groups in total. The van der Waals surface area contributed by atoms with Crippen LogP contribution in [0.3, 0.4) is 0 Å². The maximum atomic E-state index is 11.0. The third-order valence-electron chi connectivity index (χ3n) is 2.92. The number of carbonyl (C=O) groups is 1. The summed E-state index contributed by atoms with van der Waals surface area (Å²) < 4.78 is 1.86. The van der Waals surface area contributed by atoms with Crippen molar-refractivity contribution in [3.8, 4) is 11.4 Å². The number of hydrogen-bond donors (Lipinski definition) is 1. The lowest BCUT2D eigenvalue weighted by atomic mass is 10.1. The van der Waals surface area contributed by atoms with Gasteiger partial charge in [0.2, 0.25) is 0 Å². The van der Waals surface area contributed by atoms with Crippen LogP contribution in [0.2, 0.25) is 0 Å². The zero-order valence-corrected chi connectivity index (χ0v) is 10.2. The Balaban J connectivity index is 2.21. The highest BCUT2D eigenvalue weighted by Crippen LogP contribution is 2.20. The fraction of sp³-hybridized carbons (Fsp3) is 0.0714. The molecule has 0 aliphatic rings. The number of aromatic nitrogens is 3. The number of nitrogens with zero attached hydrogens (tertiary/aromatic N) is 3. The highest BCUT2D eigenvalue weighted by atomic mass is 16.4. The summed E-state index contributed by atoms with van der Waals surface area (Å²) in [4.78, 5) is 11.0. The predicted octanol–water partition coefficient (Wildman–Crippen LogP) is 2.40. The number of carboxylic acid groups (broad SMARTS) is 1. The summed E-state index contributed by atoms with van der Waals surface area (Å²) in [5.41, 5.74) is 2.80. The van der Waals surface area contributed by atoms with Gasteiger partial charge in [0.15, 0.2) is 11.5 Å². The largest absolute Gasteiger partial charge is 0.478 e. The molecule has 0 atom stereocenters. The second-order valence-electron chi connectivity index (χ2n) is 4.34. The Kier molecular flexibility index (Phi) is 2.52. The molecule has 0 bridgehead atoms. The van der Waals surface area contributed by atoms with Gasteiger partial charge < -0.3 is 5.11 Å². The summed E-state index contributed by atoms with van der Waals surface area (Å²) in [7, 11) is 0. The molecule has 0 spiro atoms. The Bertz CT molecular complexity index is 777. The third-order valence-corrected chi connectivity index (χ3v) is 2.92. The van der Waals surface area contributed by atoms with Crippen LogP contribution < -0.4 is 0 Å². The minimum absolute atomic E-state index is 0.238. The SMILES string of the molecule is Cc1ccc2nnc(-c3cccc(C(=O)O)c3)n2c1. The number of aromatic carboxylic acids is 1. The van der Waals surface area contributed by atoms with E-state index in [2.05, 4.69) is 10.2 Å². The number of pyridine rings is 1. The summed E-state index contributed by atoms with van der Waals surface area (Å²) in [5, 5.41) is 17.2. The smallest absolute Gasteiger partial charge is 0.335 e. The summed E-state index contributed by atoms with van der Waals surface area (Å²) >= 11 is 0. The Morgan fingerprint density at radius 2 is 2.05 bits per heavy atom. The van der Waals surface area contributed by atoms with E-state index in [1.54, 1.807) is 18.2 Å². The normalized spacial score (nSPS) is 10.8. The minimum atomic E-state index is -0.952. The molecule has 0 amide bonds. The number of benzene rings is 1. The average molecular weight is 253 g/mol. The van der Waals surface area contributed by atoms with Gasteiger partial charge in [0.25, 0.3) is 0 Å². The van der Waals surface area contributed by atoms with Crippen molar-refractivity contribution in [3.05, 3.63) is 53.7 Å². The third kappa shape index (κ3) is 1.95. The maximum Gasteiger partial charge on any atom is 0.335 e. The lowest BCUT2D eigenvalue weighted by Crippen LogP contribution is -1.97. The van der Waals surface area contributed by atoms with E-state index in [0.29, 0.717) is 5.82 Å². The molecule has 5 heteroatoms. The molecule has 0 aliphatic carbocycles. The molecule has 94 valence electrons. The van der Waals surface area contributed by atoms with Crippen LogP contribution in [0, 0.1) is 6.92 Å². The van der Waals surface area contributed by atoms with Gasteiger partial charge in [-0.25, -0.2) is 4.79 Å². The second-order valence-corrected chi connectivity index (χ2v) is 4.34. The molecule has 1 aromatic carbocycles. The zero-order chi connectivity index (χ0) is 13.4. The zero-order valence-electron chi connectivity index (χ0n) is 10.2. The fourth-order valence-electron chi connectivity index (χ4n) is 1.99. The van der Waals surface area contributed by atoms with Crippen molar-refractivity contribution < 1.29 is 9.90 Å². The first-order valence-electron chi connectivity index (χ1n) is 5.80. The molecule has 0 saturated heterocycles. The standard InChI is InChI=1S/C14H11N3O2/c1-9-5-6-12-15-16-13(17(12)8-9)10-3-2-4-11(7-10)14(18)19/h2-8H,1H3,(H,18,19). The van der Waals surface area contributed by atoms with Crippen LogP contribution in [-0.2, 0) is 0 Å². The van der Waals surface area contributed by atoms with Gasteiger partial charge in [0, 0.05) is 11.8 Å². The van der Waals surface area contributed by atoms with E-state index >= 15 is 0 Å². The molecule has 0 radical (unpaired) electrons. The summed E-state index contributed by atoms with van der Waals surface area (Å²) in [5.74, 6) is -0.311. The van der Waals surface area contributed by atoms with Crippen molar-refractivity contribution in [2.45, 2.75) is 6.92 Å². The van der Waals surface area contributed by atoms with Gasteiger partial charge in [-0.15, -0.1) is 10.2 Å². The molecular weight excluding hydrogens is 242 g/mol. The van der Waals surface area contributed by atoms with Crippen molar-refractivity contribution in [2.24, 2.45) is 0 Å². The topological polar surface area (TPSA) is 67.5 Å². The molecule has 0 aliphatic heterocycles. The van der Waals surface area contributed by atoms with Gasteiger partial charge in [-0.2, -0.15) is 0 Å². The second kappa shape index (κ2) is 4.20. The van der Waals surface area contributed by atoms with Crippen LogP contribution in [0.15, 0.2) is 42.6 Å². The molecule has 0 unspecified atom stereocenters. The lowest BCUT2D eigenvalue weighted by Gasteiger charge is -2.02. The number of carboxylic acids is 1. The van der Waals surface area contributed by atoms with E-state index in [4.69, 9.17) is 5.11 Å². The van der Waals surface area contributed by atoms with Gasteiger partial charge in [-0.3, -0.25) is 4.40 Å². The van der Waals surface area contributed by atoms with Crippen LogP contribution in [0.25, 0.3) is 17.0 Å². The monoisotopic (exact) mass is 253 g/mol. The molecule has 0 saturated carbocycles. The average Bonchev–Trinajstić information content (AvgIpc) is 2.81. The summed E-state index contributed by atoms with van der Waals surface area (Å²) in [6, 6.07) is 10.5. The van der Waals surface area contributed by atoms with Crippen molar-refractivity contribution >= 4 is 11.6 Å². The Morgan fingerprint density at radius 3 is 2.84 bits per heavy atom. The van der Waals surface area contributed by atoms with E-state index < -0.39 is 5.97 Å². The van der Waals surface area contributed by atoms with Crippen molar-refractivity contribution in [3.63, 3.8) is 0 Å².